The van der Waals surface area contributed by atoms with Gasteiger partial charge in [-0.15, -0.1) is 0 Å². The van der Waals surface area contributed by atoms with Crippen LogP contribution in [0.1, 0.15) is 142 Å². The number of carbonyl (C=O) groups excluding carboxylic acids is 4. The second-order valence-corrected chi connectivity index (χ2v) is 11.3. The largest absolute Gasteiger partial charge is 0.463 e. The van der Waals surface area contributed by atoms with E-state index in [9.17, 15) is 19.2 Å². The third kappa shape index (κ3) is 15.3. The average molecular weight is 539 g/mol. The SMILES string of the molecule is CC(=O)OC1CCC(CCCCCCC(=O)OOC(=O)CCCCCCC2CCC(OC(C)=O)CC2)CC1. The molecular formula is C30H50O8. The van der Waals surface area contributed by atoms with E-state index in [2.05, 4.69) is 9.78 Å². The van der Waals surface area contributed by atoms with Crippen LogP contribution in [0, 0.1) is 11.8 Å². The summed E-state index contributed by atoms with van der Waals surface area (Å²) < 4.78 is 10.6. The lowest BCUT2D eigenvalue weighted by Crippen LogP contribution is -2.23. The molecule has 2 fully saturated rings. The fourth-order valence-corrected chi connectivity index (χ4v) is 5.83. The van der Waals surface area contributed by atoms with Gasteiger partial charge in [0.25, 0.3) is 0 Å². The Hall–Kier alpha value is -2.12. The molecule has 2 rings (SSSR count). The lowest BCUT2D eigenvalue weighted by Gasteiger charge is -2.28. The lowest BCUT2D eigenvalue weighted by atomic mass is 9.84. The van der Waals surface area contributed by atoms with Crippen LogP contribution in [0.4, 0.5) is 0 Å². The van der Waals surface area contributed by atoms with Crippen LogP contribution < -0.4 is 0 Å². The monoisotopic (exact) mass is 538 g/mol. The minimum atomic E-state index is -0.481. The van der Waals surface area contributed by atoms with Crippen LogP contribution in [0.15, 0.2) is 0 Å². The molecule has 0 heterocycles. The first-order chi connectivity index (χ1) is 18.3. The van der Waals surface area contributed by atoms with E-state index in [1.54, 1.807) is 0 Å². The molecule has 0 unspecified atom stereocenters. The maximum absolute atomic E-state index is 11.8. The van der Waals surface area contributed by atoms with Gasteiger partial charge in [-0.3, -0.25) is 9.59 Å². The molecule has 0 aliphatic heterocycles. The molecule has 8 nitrogen and oxygen atoms in total. The van der Waals surface area contributed by atoms with E-state index in [1.807, 2.05) is 0 Å². The Balaban J connectivity index is 1.34. The first-order valence-electron chi connectivity index (χ1n) is 15.1. The molecule has 0 saturated heterocycles. The van der Waals surface area contributed by atoms with Crippen LogP contribution in [0.5, 0.6) is 0 Å². The summed E-state index contributed by atoms with van der Waals surface area (Å²) in [5, 5.41) is 0. The molecule has 0 bridgehead atoms. The second kappa shape index (κ2) is 19.0. The first kappa shape index (κ1) is 32.1. The van der Waals surface area contributed by atoms with Crippen LogP contribution in [0.3, 0.4) is 0 Å². The highest BCUT2D eigenvalue weighted by molar-refractivity contribution is 5.72. The van der Waals surface area contributed by atoms with Crippen molar-refractivity contribution >= 4 is 23.9 Å². The van der Waals surface area contributed by atoms with Crippen molar-refractivity contribution in [3.63, 3.8) is 0 Å². The maximum atomic E-state index is 11.8. The van der Waals surface area contributed by atoms with Crippen LogP contribution >= 0.6 is 0 Å². The quantitative estimate of drug-likeness (QED) is 0.0903. The number of unbranched alkanes of at least 4 members (excludes halogenated alkanes) is 6. The summed E-state index contributed by atoms with van der Waals surface area (Å²) in [6.45, 7) is 2.94. The number of hydrogen-bond donors (Lipinski definition) is 0. The van der Waals surface area contributed by atoms with Gasteiger partial charge in [-0.2, -0.15) is 0 Å². The third-order valence-electron chi connectivity index (χ3n) is 7.97. The number of hydrogen-bond acceptors (Lipinski definition) is 8. The summed E-state index contributed by atoms with van der Waals surface area (Å²) in [4.78, 5) is 55.1. The van der Waals surface area contributed by atoms with Gasteiger partial charge in [-0.1, -0.05) is 51.4 Å². The molecule has 2 aliphatic carbocycles. The van der Waals surface area contributed by atoms with E-state index in [1.165, 1.54) is 26.7 Å². The molecule has 2 saturated carbocycles. The summed E-state index contributed by atoms with van der Waals surface area (Å²) in [6, 6.07) is 0. The Morgan fingerprint density at radius 2 is 0.842 bits per heavy atom. The second-order valence-electron chi connectivity index (χ2n) is 11.3. The number of carbonyl (C=O) groups is 4. The predicted molar refractivity (Wildman–Crippen MR) is 143 cm³/mol. The van der Waals surface area contributed by atoms with Gasteiger partial charge in [0.1, 0.15) is 12.2 Å². The van der Waals surface area contributed by atoms with Gasteiger partial charge in [-0.05, 0) is 76.0 Å². The Bertz CT molecular complexity index is 645. The summed E-state index contributed by atoms with van der Waals surface area (Å²) in [6.07, 6.45) is 19.3. The molecular weight excluding hydrogens is 488 g/mol. The van der Waals surface area contributed by atoms with Crippen molar-refractivity contribution in [3.05, 3.63) is 0 Å². The zero-order chi connectivity index (χ0) is 27.6. The Morgan fingerprint density at radius 1 is 0.500 bits per heavy atom. The molecule has 2 aliphatic rings. The Morgan fingerprint density at radius 3 is 1.18 bits per heavy atom. The van der Waals surface area contributed by atoms with Crippen molar-refractivity contribution in [1.29, 1.82) is 0 Å². The van der Waals surface area contributed by atoms with E-state index in [0.717, 1.165) is 103 Å². The number of rotatable bonds is 16. The van der Waals surface area contributed by atoms with E-state index in [0.29, 0.717) is 11.8 Å². The van der Waals surface area contributed by atoms with Crippen molar-refractivity contribution in [2.75, 3.05) is 0 Å². The highest BCUT2D eigenvalue weighted by Gasteiger charge is 2.23. The van der Waals surface area contributed by atoms with Gasteiger partial charge in [-0.25, -0.2) is 19.4 Å². The zero-order valence-electron chi connectivity index (χ0n) is 23.7. The minimum Gasteiger partial charge on any atom is -0.463 e. The van der Waals surface area contributed by atoms with Crippen molar-refractivity contribution in [2.45, 2.75) is 154 Å². The van der Waals surface area contributed by atoms with Crippen molar-refractivity contribution < 1.29 is 38.4 Å². The Kier molecular flexibility index (Phi) is 16.1. The molecule has 0 spiro atoms. The summed E-state index contributed by atoms with van der Waals surface area (Å²) in [7, 11) is 0. The van der Waals surface area contributed by atoms with Gasteiger partial charge in [0.2, 0.25) is 0 Å². The number of esters is 2. The van der Waals surface area contributed by atoms with Gasteiger partial charge in [0.15, 0.2) is 0 Å². The van der Waals surface area contributed by atoms with Crippen LogP contribution in [-0.2, 0) is 38.4 Å². The van der Waals surface area contributed by atoms with Crippen molar-refractivity contribution in [1.82, 2.24) is 0 Å². The van der Waals surface area contributed by atoms with Crippen LogP contribution in [0.2, 0.25) is 0 Å². The van der Waals surface area contributed by atoms with E-state index >= 15 is 0 Å². The smallest absolute Gasteiger partial charge is 0.355 e. The first-order valence-corrected chi connectivity index (χ1v) is 15.1. The molecule has 0 N–H and O–H groups in total. The zero-order valence-corrected chi connectivity index (χ0v) is 23.7. The normalized spacial score (nSPS) is 23.3. The molecule has 38 heavy (non-hydrogen) atoms. The van der Waals surface area contributed by atoms with Gasteiger partial charge in [0, 0.05) is 13.8 Å². The fraction of sp³-hybridized carbons (Fsp3) is 0.867. The standard InChI is InChI=1S/C30H50O8/c1-23(31)35-27-19-15-25(16-20-27)11-7-3-5-9-13-29(33)37-38-30(34)14-10-6-4-8-12-26-17-21-28(22-18-26)36-24(2)32/h25-28H,3-22H2,1-2H3. The number of ether oxygens (including phenoxy) is 2. The highest BCUT2D eigenvalue weighted by atomic mass is 17.2. The van der Waals surface area contributed by atoms with Crippen LogP contribution in [0.25, 0.3) is 0 Å². The van der Waals surface area contributed by atoms with E-state index in [-0.39, 0.29) is 37.0 Å². The van der Waals surface area contributed by atoms with Crippen LogP contribution in [-0.4, -0.2) is 36.1 Å². The molecule has 0 atom stereocenters. The maximum Gasteiger partial charge on any atom is 0.355 e. The molecule has 0 aromatic carbocycles. The molecule has 0 aromatic heterocycles. The fourth-order valence-electron chi connectivity index (χ4n) is 5.83. The summed E-state index contributed by atoms with van der Waals surface area (Å²) in [5.74, 6) is 0.0998. The van der Waals surface area contributed by atoms with Gasteiger partial charge in [0.05, 0.1) is 12.8 Å². The van der Waals surface area contributed by atoms with Crippen molar-refractivity contribution in [2.24, 2.45) is 11.8 Å². The molecule has 8 heteroatoms. The topological polar surface area (TPSA) is 105 Å². The van der Waals surface area contributed by atoms with E-state index < -0.39 is 11.9 Å². The van der Waals surface area contributed by atoms with Gasteiger partial charge < -0.3 is 9.47 Å². The van der Waals surface area contributed by atoms with Crippen molar-refractivity contribution in [3.8, 4) is 0 Å². The van der Waals surface area contributed by atoms with Gasteiger partial charge >= 0.3 is 23.9 Å². The lowest BCUT2D eigenvalue weighted by molar-refractivity contribution is -0.259. The Labute approximate surface area is 228 Å². The van der Waals surface area contributed by atoms with E-state index in [4.69, 9.17) is 9.47 Å². The average Bonchev–Trinajstić information content (AvgIpc) is 2.88. The molecule has 0 aromatic rings. The highest BCUT2D eigenvalue weighted by Crippen LogP contribution is 2.31. The summed E-state index contributed by atoms with van der Waals surface area (Å²) >= 11 is 0. The third-order valence-corrected chi connectivity index (χ3v) is 7.97. The summed E-state index contributed by atoms with van der Waals surface area (Å²) in [5.41, 5.74) is 0. The predicted octanol–water partition coefficient (Wildman–Crippen LogP) is 6.91. The molecule has 0 radical (unpaired) electrons. The molecule has 218 valence electrons. The molecule has 0 amide bonds. The minimum absolute atomic E-state index is 0.103.